The summed E-state index contributed by atoms with van der Waals surface area (Å²) in [6.45, 7) is 0. The molecule has 6 heteroatoms. The Labute approximate surface area is 142 Å². The topological polar surface area (TPSA) is 17.1 Å². The van der Waals surface area contributed by atoms with Crippen LogP contribution in [0.4, 0.5) is 0 Å². The van der Waals surface area contributed by atoms with Gasteiger partial charge in [-0.25, -0.2) is 0 Å². The molecule has 0 amide bonds. The van der Waals surface area contributed by atoms with Gasteiger partial charge in [0.1, 0.15) is 0 Å². The van der Waals surface area contributed by atoms with Gasteiger partial charge in [-0.2, -0.15) is 0 Å². The Morgan fingerprint density at radius 2 is 1.58 bits per heavy atom. The van der Waals surface area contributed by atoms with Gasteiger partial charge >= 0.3 is 18.9 Å². The summed E-state index contributed by atoms with van der Waals surface area (Å²) in [5.41, 5.74) is 1.71. The van der Waals surface area contributed by atoms with Crippen LogP contribution in [0.25, 0.3) is 0 Å². The van der Waals surface area contributed by atoms with Crippen LogP contribution in [0.2, 0.25) is 15.1 Å². The van der Waals surface area contributed by atoms with Gasteiger partial charge in [0.25, 0.3) is 0 Å². The summed E-state index contributed by atoms with van der Waals surface area (Å²) in [7, 11) is 0.172. The zero-order chi connectivity index (χ0) is 13.1. The Hall–Kier alpha value is 0.787. The fourth-order valence-corrected chi connectivity index (χ4v) is 4.23. The van der Waals surface area contributed by atoms with Crippen molar-refractivity contribution in [3.8, 4) is 0 Å². The van der Waals surface area contributed by atoms with E-state index >= 15 is 0 Å². The minimum absolute atomic E-state index is 0. The summed E-state index contributed by atoms with van der Waals surface area (Å²) in [5, 5.41) is 1.04. The van der Waals surface area contributed by atoms with Gasteiger partial charge in [0, 0.05) is 5.66 Å². The van der Waals surface area contributed by atoms with Crippen molar-refractivity contribution in [2.75, 3.05) is 0 Å². The zero-order valence-electron chi connectivity index (χ0n) is 9.73. The molecule has 19 heavy (non-hydrogen) atoms. The van der Waals surface area contributed by atoms with Crippen molar-refractivity contribution in [1.29, 1.82) is 0 Å². The predicted molar refractivity (Wildman–Crippen MR) is 87.6 cm³/mol. The van der Waals surface area contributed by atoms with Crippen molar-refractivity contribution in [2.45, 2.75) is 32.1 Å². The van der Waals surface area contributed by atoms with Gasteiger partial charge in [-0.1, -0.05) is 54.1 Å². The number of carbonyl (C=O) groups excluding carboxylic acids is 1. The average Bonchev–Trinajstić information content (AvgIpc) is 2.36. The first-order valence-corrected chi connectivity index (χ1v) is 8.02. The van der Waals surface area contributed by atoms with Crippen molar-refractivity contribution in [3.63, 3.8) is 0 Å². The standard InChI is InChI=1S/C13H13Cl3OP.Li.H/c14-9-6-7-10(15)12(16)11(9)13(17)18-8-4-2-1-3-5-8;;/h6-7,18H,1-5H2;;. The molecule has 1 atom stereocenters. The van der Waals surface area contributed by atoms with Crippen molar-refractivity contribution in [3.05, 3.63) is 38.4 Å². The SMILES string of the molecule is O=C(P[C]1CCCCC1)c1c(Cl)ccc(Cl)c1Cl.[LiH]. The molecule has 0 aromatic heterocycles. The molecule has 2 rings (SSSR count). The summed E-state index contributed by atoms with van der Waals surface area (Å²) >= 11 is 18.0. The Bertz CT molecular complexity index is 461. The third-order valence-corrected chi connectivity index (χ3v) is 5.47. The number of carbonyl (C=O) groups is 1. The fourth-order valence-electron chi connectivity index (χ4n) is 2.06. The van der Waals surface area contributed by atoms with E-state index in [0.29, 0.717) is 15.6 Å². The van der Waals surface area contributed by atoms with E-state index < -0.39 is 0 Å². The Morgan fingerprint density at radius 1 is 1.00 bits per heavy atom. The zero-order valence-corrected chi connectivity index (χ0v) is 13.0. The van der Waals surface area contributed by atoms with Crippen molar-refractivity contribution in [1.82, 2.24) is 0 Å². The van der Waals surface area contributed by atoms with Crippen LogP contribution in [0, 0.1) is 5.66 Å². The fraction of sp³-hybridized carbons (Fsp3) is 0.385. The molecule has 1 aliphatic carbocycles. The summed E-state index contributed by atoms with van der Waals surface area (Å²) in [6, 6.07) is 3.24. The summed E-state index contributed by atoms with van der Waals surface area (Å²) in [6.07, 6.45) is 5.75. The van der Waals surface area contributed by atoms with E-state index in [1.165, 1.54) is 24.9 Å². The maximum atomic E-state index is 12.3. The van der Waals surface area contributed by atoms with Gasteiger partial charge in [-0.3, -0.25) is 4.79 Å². The maximum absolute atomic E-state index is 12.3. The number of hydrogen-bond donors (Lipinski definition) is 0. The number of halogens is 3. The van der Waals surface area contributed by atoms with Crippen LogP contribution in [-0.2, 0) is 0 Å². The molecule has 0 bridgehead atoms. The van der Waals surface area contributed by atoms with Crippen LogP contribution in [0.5, 0.6) is 0 Å². The summed E-state index contributed by atoms with van der Waals surface area (Å²) < 4.78 is 0. The third kappa shape index (κ3) is 4.64. The molecular weight excluding hydrogens is 316 g/mol. The van der Waals surface area contributed by atoms with Crippen LogP contribution in [0.3, 0.4) is 0 Å². The average molecular weight is 331 g/mol. The number of hydrogen-bond acceptors (Lipinski definition) is 1. The molecule has 1 nitrogen and oxygen atoms in total. The van der Waals surface area contributed by atoms with Crippen LogP contribution in [0.15, 0.2) is 12.1 Å². The number of benzene rings is 1. The molecule has 0 spiro atoms. The second-order valence-corrected chi connectivity index (χ2v) is 6.94. The van der Waals surface area contributed by atoms with Gasteiger partial charge in [0.05, 0.1) is 20.6 Å². The van der Waals surface area contributed by atoms with E-state index in [1.807, 2.05) is 0 Å². The van der Waals surface area contributed by atoms with E-state index in [2.05, 4.69) is 0 Å². The first kappa shape index (κ1) is 17.8. The van der Waals surface area contributed by atoms with E-state index in [1.54, 1.807) is 12.1 Å². The third-order valence-electron chi connectivity index (χ3n) is 3.02. The Kier molecular flexibility index (Phi) is 7.78. The molecule has 0 saturated heterocycles. The molecular formula is C13H14Cl3LiOP. The van der Waals surface area contributed by atoms with Crippen LogP contribution < -0.4 is 0 Å². The Balaban J connectivity index is 0.00000180. The normalized spacial score (nSPS) is 16.6. The monoisotopic (exact) mass is 329 g/mol. The predicted octanol–water partition coefficient (Wildman–Crippen LogP) is 5.31. The first-order valence-electron chi connectivity index (χ1n) is 5.89. The van der Waals surface area contributed by atoms with Gasteiger partial charge in [-0.15, -0.1) is 0 Å². The van der Waals surface area contributed by atoms with E-state index in [-0.39, 0.29) is 38.0 Å². The molecule has 1 aromatic rings. The molecule has 0 N–H and O–H groups in total. The second-order valence-electron chi connectivity index (χ2n) is 4.34. The second kappa shape index (κ2) is 8.28. The molecule has 1 aliphatic rings. The van der Waals surface area contributed by atoms with Crippen LogP contribution in [-0.4, -0.2) is 24.4 Å². The summed E-state index contributed by atoms with van der Waals surface area (Å²) in [5.74, 6) is 0. The van der Waals surface area contributed by atoms with Gasteiger partial charge in [-0.05, 0) is 33.6 Å². The first-order chi connectivity index (χ1) is 8.59. The molecule has 0 aliphatic heterocycles. The quantitative estimate of drug-likeness (QED) is 0.417. The minimum atomic E-state index is 0. The van der Waals surface area contributed by atoms with E-state index in [9.17, 15) is 4.79 Å². The number of rotatable bonds is 3. The molecule has 99 valence electrons. The van der Waals surface area contributed by atoms with Crippen molar-refractivity contribution >= 4 is 67.8 Å². The molecule has 1 radical (unpaired) electrons. The van der Waals surface area contributed by atoms with Crippen molar-refractivity contribution in [2.24, 2.45) is 0 Å². The van der Waals surface area contributed by atoms with Gasteiger partial charge in [0.2, 0.25) is 0 Å². The molecule has 1 saturated carbocycles. The van der Waals surface area contributed by atoms with E-state index in [0.717, 1.165) is 12.8 Å². The van der Waals surface area contributed by atoms with Gasteiger partial charge in [0.15, 0.2) is 5.52 Å². The van der Waals surface area contributed by atoms with Gasteiger partial charge < -0.3 is 0 Å². The molecule has 1 fully saturated rings. The Morgan fingerprint density at radius 3 is 2.21 bits per heavy atom. The van der Waals surface area contributed by atoms with Crippen LogP contribution in [0.1, 0.15) is 42.5 Å². The van der Waals surface area contributed by atoms with E-state index in [4.69, 9.17) is 34.8 Å². The summed E-state index contributed by atoms with van der Waals surface area (Å²) in [4.78, 5) is 12.3. The molecule has 1 unspecified atom stereocenters. The molecule has 1 aromatic carbocycles. The molecule has 0 heterocycles. The van der Waals surface area contributed by atoms with Crippen LogP contribution >= 0.6 is 43.4 Å². The van der Waals surface area contributed by atoms with Crippen molar-refractivity contribution < 1.29 is 4.79 Å².